The number of aryl methyl sites for hydroxylation is 2. The smallest absolute Gasteiger partial charge is 0.339 e. The quantitative estimate of drug-likeness (QED) is 0.283. The standard InChI is InChI=1S/C27H25FN2O3/c1-5-22-17(3)26(19-10-6-8-12-23(19)29-22)27(32)33-15-25(31)20-14-16(2)30(18(20)4)24-13-9-7-11-21(24)28/h6-14H,5,15H2,1-4H3. The van der Waals surface area contributed by atoms with Gasteiger partial charge >= 0.3 is 5.97 Å². The first-order valence-electron chi connectivity index (χ1n) is 10.9. The van der Waals surface area contributed by atoms with E-state index in [1.54, 1.807) is 42.7 Å². The Morgan fingerprint density at radius 1 is 1.03 bits per heavy atom. The number of nitrogens with zero attached hydrogens (tertiary/aromatic N) is 2. The third-order valence-corrected chi connectivity index (χ3v) is 5.93. The minimum absolute atomic E-state index is 0.342. The maximum atomic E-state index is 14.3. The van der Waals surface area contributed by atoms with Gasteiger partial charge in [-0.05, 0) is 57.0 Å². The molecule has 2 heterocycles. The Kier molecular flexibility index (Phi) is 6.09. The van der Waals surface area contributed by atoms with Crippen LogP contribution in [-0.2, 0) is 11.2 Å². The van der Waals surface area contributed by atoms with Crippen LogP contribution < -0.4 is 0 Å². The van der Waals surface area contributed by atoms with Gasteiger partial charge < -0.3 is 9.30 Å². The molecule has 0 fully saturated rings. The lowest BCUT2D eigenvalue weighted by Gasteiger charge is -2.13. The summed E-state index contributed by atoms with van der Waals surface area (Å²) in [5, 5.41) is 0.697. The molecule has 0 spiro atoms. The van der Waals surface area contributed by atoms with Gasteiger partial charge in [-0.2, -0.15) is 0 Å². The molecule has 0 unspecified atom stereocenters. The van der Waals surface area contributed by atoms with Gasteiger partial charge in [0.25, 0.3) is 0 Å². The van der Waals surface area contributed by atoms with Crippen LogP contribution in [0.25, 0.3) is 16.6 Å². The molecule has 0 aliphatic rings. The van der Waals surface area contributed by atoms with E-state index < -0.39 is 12.6 Å². The topological polar surface area (TPSA) is 61.2 Å². The number of pyridine rings is 1. The molecule has 0 radical (unpaired) electrons. The molecule has 2 aromatic carbocycles. The Balaban J connectivity index is 1.61. The molecule has 4 rings (SSSR count). The summed E-state index contributed by atoms with van der Waals surface area (Å²) in [6.07, 6.45) is 0.678. The van der Waals surface area contributed by atoms with Crippen molar-refractivity contribution in [2.75, 3.05) is 6.61 Å². The molecule has 0 bridgehead atoms. The second-order valence-corrected chi connectivity index (χ2v) is 8.00. The second-order valence-electron chi connectivity index (χ2n) is 8.00. The summed E-state index contributed by atoms with van der Waals surface area (Å²) >= 11 is 0. The number of hydrogen-bond donors (Lipinski definition) is 0. The van der Waals surface area contributed by atoms with E-state index >= 15 is 0 Å². The van der Waals surface area contributed by atoms with Crippen LogP contribution in [-0.4, -0.2) is 27.9 Å². The second kappa shape index (κ2) is 8.98. The van der Waals surface area contributed by atoms with E-state index in [9.17, 15) is 14.0 Å². The highest BCUT2D eigenvalue weighted by Gasteiger charge is 2.22. The molecule has 0 amide bonds. The Morgan fingerprint density at radius 2 is 1.73 bits per heavy atom. The zero-order valence-corrected chi connectivity index (χ0v) is 19.1. The third kappa shape index (κ3) is 4.04. The maximum absolute atomic E-state index is 14.3. The van der Waals surface area contributed by atoms with Gasteiger partial charge in [0, 0.05) is 28.0 Å². The van der Waals surface area contributed by atoms with Crippen LogP contribution >= 0.6 is 0 Å². The number of hydrogen-bond acceptors (Lipinski definition) is 4. The molecule has 4 aromatic rings. The van der Waals surface area contributed by atoms with E-state index in [1.807, 2.05) is 38.1 Å². The normalized spacial score (nSPS) is 11.1. The molecule has 2 aromatic heterocycles. The number of rotatable bonds is 6. The van der Waals surface area contributed by atoms with E-state index in [4.69, 9.17) is 4.74 Å². The molecule has 0 saturated heterocycles. The minimum Gasteiger partial charge on any atom is -0.454 e. The molecular weight excluding hydrogens is 419 g/mol. The zero-order chi connectivity index (χ0) is 23.7. The third-order valence-electron chi connectivity index (χ3n) is 5.93. The fraction of sp³-hybridized carbons (Fsp3) is 0.222. The van der Waals surface area contributed by atoms with Crippen molar-refractivity contribution in [3.8, 4) is 5.69 Å². The van der Waals surface area contributed by atoms with Gasteiger partial charge in [0.1, 0.15) is 5.82 Å². The molecule has 0 aliphatic carbocycles. The summed E-state index contributed by atoms with van der Waals surface area (Å²) in [5.74, 6) is -1.28. The van der Waals surface area contributed by atoms with Crippen LogP contribution in [0.5, 0.6) is 0 Å². The molecule has 5 nitrogen and oxygen atoms in total. The summed E-state index contributed by atoms with van der Waals surface area (Å²) in [7, 11) is 0. The number of fused-ring (bicyclic) bond motifs is 1. The Morgan fingerprint density at radius 3 is 2.45 bits per heavy atom. The molecule has 6 heteroatoms. The van der Waals surface area contributed by atoms with Gasteiger partial charge in [0.05, 0.1) is 16.8 Å². The summed E-state index contributed by atoms with van der Waals surface area (Å²) in [4.78, 5) is 30.6. The summed E-state index contributed by atoms with van der Waals surface area (Å²) < 4.78 is 21.5. The maximum Gasteiger partial charge on any atom is 0.339 e. The first-order chi connectivity index (χ1) is 15.8. The Bertz CT molecular complexity index is 1390. The van der Waals surface area contributed by atoms with E-state index in [1.165, 1.54) is 6.07 Å². The van der Waals surface area contributed by atoms with Crippen LogP contribution in [0.15, 0.2) is 54.6 Å². The van der Waals surface area contributed by atoms with Gasteiger partial charge in [0.15, 0.2) is 6.61 Å². The first-order valence-corrected chi connectivity index (χ1v) is 10.9. The van der Waals surface area contributed by atoms with Crippen LogP contribution in [0.3, 0.4) is 0 Å². The fourth-order valence-electron chi connectivity index (χ4n) is 4.30. The number of para-hydroxylation sites is 2. The van der Waals surface area contributed by atoms with Crippen molar-refractivity contribution in [3.63, 3.8) is 0 Å². The zero-order valence-electron chi connectivity index (χ0n) is 19.1. The fourth-order valence-corrected chi connectivity index (χ4v) is 4.30. The van der Waals surface area contributed by atoms with Crippen LogP contribution in [0, 0.1) is 26.6 Å². The average Bonchev–Trinajstić information content (AvgIpc) is 3.11. The summed E-state index contributed by atoms with van der Waals surface area (Å²) in [5.41, 5.74) is 4.80. The van der Waals surface area contributed by atoms with Crippen molar-refractivity contribution in [2.45, 2.75) is 34.1 Å². The Hall–Kier alpha value is -3.80. The van der Waals surface area contributed by atoms with Crippen molar-refractivity contribution in [1.29, 1.82) is 0 Å². The van der Waals surface area contributed by atoms with Gasteiger partial charge in [-0.15, -0.1) is 0 Å². The Labute approximate surface area is 191 Å². The average molecular weight is 445 g/mol. The van der Waals surface area contributed by atoms with Crippen molar-refractivity contribution < 1.29 is 18.7 Å². The van der Waals surface area contributed by atoms with Crippen molar-refractivity contribution in [3.05, 3.63) is 94.2 Å². The van der Waals surface area contributed by atoms with Gasteiger partial charge in [-0.3, -0.25) is 9.78 Å². The predicted octanol–water partition coefficient (Wildman–Crippen LogP) is 5.69. The first kappa shape index (κ1) is 22.4. The monoisotopic (exact) mass is 444 g/mol. The highest BCUT2D eigenvalue weighted by atomic mass is 19.1. The van der Waals surface area contributed by atoms with Crippen molar-refractivity contribution in [2.24, 2.45) is 0 Å². The van der Waals surface area contributed by atoms with Gasteiger partial charge in [0.2, 0.25) is 5.78 Å². The number of carbonyl (C=O) groups excluding carboxylic acids is 2. The van der Waals surface area contributed by atoms with Crippen LogP contribution in [0.4, 0.5) is 4.39 Å². The lowest BCUT2D eigenvalue weighted by molar-refractivity contribution is 0.0475. The van der Waals surface area contributed by atoms with Crippen LogP contribution in [0.1, 0.15) is 50.3 Å². The predicted molar refractivity (Wildman–Crippen MR) is 126 cm³/mol. The molecular formula is C27H25FN2O3. The molecule has 168 valence electrons. The largest absolute Gasteiger partial charge is 0.454 e. The van der Waals surface area contributed by atoms with E-state index in [2.05, 4.69) is 4.98 Å². The number of ether oxygens (including phenoxy) is 1. The number of benzene rings is 2. The highest BCUT2D eigenvalue weighted by molar-refractivity contribution is 6.06. The summed E-state index contributed by atoms with van der Waals surface area (Å²) in [6.45, 7) is 6.98. The van der Waals surface area contributed by atoms with E-state index in [0.717, 1.165) is 17.0 Å². The lowest BCUT2D eigenvalue weighted by Crippen LogP contribution is -2.17. The number of ketones is 1. The molecule has 0 aliphatic heterocycles. The SMILES string of the molecule is CCc1nc2ccccc2c(C(=O)OCC(=O)c2cc(C)n(-c3ccccc3F)c2C)c1C. The highest BCUT2D eigenvalue weighted by Crippen LogP contribution is 2.26. The van der Waals surface area contributed by atoms with Gasteiger partial charge in [-0.25, -0.2) is 9.18 Å². The number of aromatic nitrogens is 2. The number of Topliss-reactive ketones (excluding diaryl/α,β-unsaturated/α-hetero) is 1. The molecule has 33 heavy (non-hydrogen) atoms. The number of esters is 1. The van der Waals surface area contributed by atoms with Crippen molar-refractivity contribution >= 4 is 22.7 Å². The summed E-state index contributed by atoms with van der Waals surface area (Å²) in [6, 6.07) is 15.5. The molecule has 0 saturated carbocycles. The van der Waals surface area contributed by atoms with Gasteiger partial charge in [-0.1, -0.05) is 37.3 Å². The van der Waals surface area contributed by atoms with E-state index in [-0.39, 0.29) is 11.6 Å². The molecule has 0 atom stereocenters. The number of carbonyl (C=O) groups is 2. The minimum atomic E-state index is -0.558. The van der Waals surface area contributed by atoms with Crippen LogP contribution in [0.2, 0.25) is 0 Å². The lowest BCUT2D eigenvalue weighted by atomic mass is 10.0. The molecule has 0 N–H and O–H groups in total. The van der Waals surface area contributed by atoms with Crippen molar-refractivity contribution in [1.82, 2.24) is 9.55 Å². The number of halogens is 1. The van der Waals surface area contributed by atoms with E-state index in [0.29, 0.717) is 39.8 Å².